The molecule has 128 valence electrons. The Hall–Kier alpha value is -1.71. The fourth-order valence-corrected chi connectivity index (χ4v) is 3.16. The number of amides is 1. The predicted octanol–water partition coefficient (Wildman–Crippen LogP) is 3.23. The van der Waals surface area contributed by atoms with Crippen molar-refractivity contribution < 1.29 is 4.79 Å². The topological polar surface area (TPSA) is 26.8 Å². The van der Waals surface area contributed by atoms with Crippen LogP contribution in [0.4, 0.5) is 11.4 Å². The van der Waals surface area contributed by atoms with Crippen LogP contribution in [0.15, 0.2) is 24.3 Å². The van der Waals surface area contributed by atoms with E-state index < -0.39 is 0 Å². The van der Waals surface area contributed by atoms with E-state index in [1.807, 2.05) is 4.90 Å². The van der Waals surface area contributed by atoms with E-state index >= 15 is 0 Å². The smallest absolute Gasteiger partial charge is 0.222 e. The van der Waals surface area contributed by atoms with Crippen LogP contribution in [0.5, 0.6) is 0 Å². The molecular weight excluding hydrogens is 286 g/mol. The lowest BCUT2D eigenvalue weighted by Crippen LogP contribution is -2.49. The molecule has 1 aliphatic rings. The molecule has 0 spiro atoms. The summed E-state index contributed by atoms with van der Waals surface area (Å²) in [4.78, 5) is 18.9. The lowest BCUT2D eigenvalue weighted by molar-refractivity contribution is -0.132. The Labute approximate surface area is 141 Å². The molecule has 0 aliphatic carbocycles. The number of hydrogen-bond donors (Lipinski definition) is 0. The summed E-state index contributed by atoms with van der Waals surface area (Å²) >= 11 is 0. The second-order valence-electron chi connectivity index (χ2n) is 6.65. The first kappa shape index (κ1) is 17.6. The highest BCUT2D eigenvalue weighted by Crippen LogP contribution is 2.22. The lowest BCUT2D eigenvalue weighted by Gasteiger charge is -2.36. The van der Waals surface area contributed by atoms with Crippen molar-refractivity contribution in [1.82, 2.24) is 4.90 Å². The first-order chi connectivity index (χ1) is 11.0. The number of piperazine rings is 1. The van der Waals surface area contributed by atoms with Gasteiger partial charge < -0.3 is 14.7 Å². The zero-order valence-corrected chi connectivity index (χ0v) is 15.1. The van der Waals surface area contributed by atoms with Crippen LogP contribution < -0.4 is 9.80 Å². The third-order valence-electron chi connectivity index (χ3n) is 4.56. The quantitative estimate of drug-likeness (QED) is 0.806. The van der Waals surface area contributed by atoms with E-state index in [1.54, 1.807) is 0 Å². The van der Waals surface area contributed by atoms with Crippen molar-refractivity contribution >= 4 is 17.3 Å². The third-order valence-corrected chi connectivity index (χ3v) is 4.56. The maximum atomic E-state index is 12.1. The van der Waals surface area contributed by atoms with E-state index in [9.17, 15) is 4.79 Å². The van der Waals surface area contributed by atoms with Gasteiger partial charge in [0.1, 0.15) is 0 Å². The number of carbonyl (C=O) groups is 1. The molecule has 4 heteroatoms. The Balaban J connectivity index is 1.91. The van der Waals surface area contributed by atoms with E-state index in [0.29, 0.717) is 18.2 Å². The highest BCUT2D eigenvalue weighted by molar-refractivity contribution is 5.76. The minimum Gasteiger partial charge on any atom is -0.372 e. The Kier molecular flexibility index (Phi) is 6.31. The van der Waals surface area contributed by atoms with Gasteiger partial charge in [-0.05, 0) is 44.0 Å². The molecule has 0 saturated carbocycles. The second-order valence-corrected chi connectivity index (χ2v) is 6.65. The predicted molar refractivity (Wildman–Crippen MR) is 98.3 cm³/mol. The van der Waals surface area contributed by atoms with Crippen molar-refractivity contribution in [2.24, 2.45) is 5.92 Å². The minimum atomic E-state index is 0.302. The van der Waals surface area contributed by atoms with E-state index in [-0.39, 0.29) is 0 Å². The number of nitrogens with zero attached hydrogens (tertiary/aromatic N) is 3. The van der Waals surface area contributed by atoms with Gasteiger partial charge in [0.05, 0.1) is 0 Å². The van der Waals surface area contributed by atoms with Gasteiger partial charge in [-0.25, -0.2) is 0 Å². The Morgan fingerprint density at radius 1 is 1.04 bits per heavy atom. The largest absolute Gasteiger partial charge is 0.372 e. The minimum absolute atomic E-state index is 0.302. The van der Waals surface area contributed by atoms with Crippen LogP contribution in [0.2, 0.25) is 0 Å². The maximum absolute atomic E-state index is 12.1. The van der Waals surface area contributed by atoms with Gasteiger partial charge in [0, 0.05) is 57.1 Å². The molecule has 4 nitrogen and oxygen atoms in total. The summed E-state index contributed by atoms with van der Waals surface area (Å²) in [5, 5.41) is 0. The van der Waals surface area contributed by atoms with Gasteiger partial charge in [0.2, 0.25) is 5.91 Å². The average molecular weight is 317 g/mol. The fraction of sp³-hybridized carbons (Fsp3) is 0.632. The SMILES string of the molecule is CCN(CC)c1ccc(N2CCN(C(=O)CC(C)C)CC2)cc1. The number of rotatable bonds is 6. The zero-order chi connectivity index (χ0) is 16.8. The number of anilines is 2. The summed E-state index contributed by atoms with van der Waals surface area (Å²) in [7, 11) is 0. The Morgan fingerprint density at radius 2 is 1.61 bits per heavy atom. The number of benzene rings is 1. The highest BCUT2D eigenvalue weighted by atomic mass is 16.2. The van der Waals surface area contributed by atoms with Crippen LogP contribution in [-0.2, 0) is 4.79 Å². The molecule has 1 aromatic carbocycles. The monoisotopic (exact) mass is 317 g/mol. The maximum Gasteiger partial charge on any atom is 0.222 e. The summed E-state index contributed by atoms with van der Waals surface area (Å²) in [6, 6.07) is 8.83. The summed E-state index contributed by atoms with van der Waals surface area (Å²) in [5.41, 5.74) is 2.54. The Bertz CT molecular complexity index is 486. The van der Waals surface area contributed by atoms with E-state index in [4.69, 9.17) is 0 Å². The van der Waals surface area contributed by atoms with E-state index in [1.165, 1.54) is 11.4 Å². The summed E-state index contributed by atoms with van der Waals surface area (Å²) in [6.45, 7) is 14.2. The van der Waals surface area contributed by atoms with Crippen LogP contribution in [-0.4, -0.2) is 50.1 Å². The summed E-state index contributed by atoms with van der Waals surface area (Å²) < 4.78 is 0. The highest BCUT2D eigenvalue weighted by Gasteiger charge is 2.21. The van der Waals surface area contributed by atoms with Crippen molar-refractivity contribution in [3.05, 3.63) is 24.3 Å². The van der Waals surface area contributed by atoms with Gasteiger partial charge in [0.25, 0.3) is 0 Å². The normalized spacial score (nSPS) is 15.2. The van der Waals surface area contributed by atoms with Crippen molar-refractivity contribution in [1.29, 1.82) is 0 Å². The fourth-order valence-electron chi connectivity index (χ4n) is 3.16. The van der Waals surface area contributed by atoms with Crippen molar-refractivity contribution in [2.75, 3.05) is 49.1 Å². The van der Waals surface area contributed by atoms with Gasteiger partial charge in [-0.1, -0.05) is 13.8 Å². The molecule has 1 amide bonds. The van der Waals surface area contributed by atoms with Crippen molar-refractivity contribution in [3.8, 4) is 0 Å². The van der Waals surface area contributed by atoms with Gasteiger partial charge in [-0.15, -0.1) is 0 Å². The standard InChI is InChI=1S/C19H31N3O/c1-5-20(6-2)17-7-9-18(10-8-17)21-11-13-22(14-12-21)19(23)15-16(3)4/h7-10,16H,5-6,11-15H2,1-4H3. The lowest BCUT2D eigenvalue weighted by atomic mass is 10.1. The molecule has 0 atom stereocenters. The van der Waals surface area contributed by atoms with Crippen LogP contribution in [0.1, 0.15) is 34.1 Å². The molecule has 0 N–H and O–H groups in total. The van der Waals surface area contributed by atoms with Gasteiger partial charge in [-0.2, -0.15) is 0 Å². The zero-order valence-electron chi connectivity index (χ0n) is 15.1. The molecule has 0 radical (unpaired) electrons. The summed E-state index contributed by atoms with van der Waals surface area (Å²) in [6.07, 6.45) is 0.665. The number of hydrogen-bond acceptors (Lipinski definition) is 3. The van der Waals surface area contributed by atoms with E-state index in [2.05, 4.69) is 61.8 Å². The number of carbonyl (C=O) groups excluding carboxylic acids is 1. The molecule has 2 rings (SSSR count). The third kappa shape index (κ3) is 4.63. The molecular formula is C19H31N3O. The molecule has 1 heterocycles. The molecule has 1 aliphatic heterocycles. The van der Waals surface area contributed by atoms with Crippen LogP contribution in [0, 0.1) is 5.92 Å². The van der Waals surface area contributed by atoms with Gasteiger partial charge >= 0.3 is 0 Å². The molecule has 1 fully saturated rings. The first-order valence-corrected chi connectivity index (χ1v) is 8.92. The summed E-state index contributed by atoms with van der Waals surface area (Å²) in [5.74, 6) is 0.740. The molecule has 0 unspecified atom stereocenters. The average Bonchev–Trinajstić information content (AvgIpc) is 2.56. The van der Waals surface area contributed by atoms with Crippen molar-refractivity contribution in [2.45, 2.75) is 34.1 Å². The van der Waals surface area contributed by atoms with Gasteiger partial charge in [0.15, 0.2) is 0 Å². The Morgan fingerprint density at radius 3 is 2.09 bits per heavy atom. The van der Waals surface area contributed by atoms with Crippen molar-refractivity contribution in [3.63, 3.8) is 0 Å². The van der Waals surface area contributed by atoms with E-state index in [0.717, 1.165) is 39.3 Å². The van der Waals surface area contributed by atoms with Crippen LogP contribution in [0.3, 0.4) is 0 Å². The molecule has 0 aromatic heterocycles. The molecule has 0 bridgehead atoms. The first-order valence-electron chi connectivity index (χ1n) is 8.92. The van der Waals surface area contributed by atoms with Crippen LogP contribution >= 0.6 is 0 Å². The van der Waals surface area contributed by atoms with Crippen LogP contribution in [0.25, 0.3) is 0 Å². The second kappa shape index (κ2) is 8.23. The van der Waals surface area contributed by atoms with Gasteiger partial charge in [-0.3, -0.25) is 4.79 Å². The molecule has 1 saturated heterocycles. The molecule has 1 aromatic rings. The molecule has 23 heavy (non-hydrogen) atoms.